The van der Waals surface area contributed by atoms with E-state index in [0.29, 0.717) is 16.5 Å². The molecule has 3 rings (SSSR count). The highest BCUT2D eigenvalue weighted by Crippen LogP contribution is 2.37. The van der Waals surface area contributed by atoms with Gasteiger partial charge in [-0.3, -0.25) is 0 Å². The van der Waals surface area contributed by atoms with Crippen LogP contribution in [0.2, 0.25) is 5.02 Å². The Bertz CT molecular complexity index is 529. The van der Waals surface area contributed by atoms with E-state index >= 15 is 0 Å². The Morgan fingerprint density at radius 2 is 2.06 bits per heavy atom. The molecule has 1 aromatic carbocycles. The average Bonchev–Trinajstić information content (AvgIpc) is 2.85. The maximum Gasteiger partial charge on any atom is 0.215 e. The number of nitrogens with zero attached hydrogens (tertiary/aromatic N) is 1. The van der Waals surface area contributed by atoms with Crippen LogP contribution in [0.4, 0.5) is 0 Å². The Balaban J connectivity index is 2.15. The van der Waals surface area contributed by atoms with Crippen molar-refractivity contribution in [3.05, 3.63) is 29.1 Å². The highest BCUT2D eigenvalue weighted by atomic mass is 35.5. The molecule has 2 aromatic rings. The van der Waals surface area contributed by atoms with Gasteiger partial charge in [0.05, 0.1) is 10.6 Å². The highest BCUT2D eigenvalue weighted by molar-refractivity contribution is 6.34. The minimum atomic E-state index is -0.387. The van der Waals surface area contributed by atoms with Crippen molar-refractivity contribution < 1.29 is 4.42 Å². The third-order valence-electron chi connectivity index (χ3n) is 3.29. The molecule has 16 heavy (non-hydrogen) atoms. The van der Waals surface area contributed by atoms with Crippen molar-refractivity contribution in [2.75, 3.05) is 0 Å². The summed E-state index contributed by atoms with van der Waals surface area (Å²) in [6, 6.07) is 5.57. The zero-order valence-electron chi connectivity index (χ0n) is 8.87. The first-order chi connectivity index (χ1) is 7.69. The number of hydrogen-bond acceptors (Lipinski definition) is 3. The number of aromatic nitrogens is 1. The predicted octanol–water partition coefficient (Wildman–Crippen LogP) is 3.21. The predicted molar refractivity (Wildman–Crippen MR) is 63.4 cm³/mol. The molecule has 84 valence electrons. The third-order valence-corrected chi connectivity index (χ3v) is 3.59. The highest BCUT2D eigenvalue weighted by Gasteiger charge is 2.36. The molecule has 2 N–H and O–H groups in total. The topological polar surface area (TPSA) is 52.0 Å². The van der Waals surface area contributed by atoms with E-state index in [0.717, 1.165) is 31.2 Å². The number of nitrogens with two attached hydrogens (primary N) is 1. The molecule has 1 aliphatic rings. The lowest BCUT2D eigenvalue weighted by Crippen LogP contribution is -2.33. The second-order valence-electron chi connectivity index (χ2n) is 4.47. The molecular weight excluding hydrogens is 224 g/mol. The molecule has 3 nitrogen and oxygen atoms in total. The summed E-state index contributed by atoms with van der Waals surface area (Å²) in [5, 5.41) is 0.595. The van der Waals surface area contributed by atoms with Crippen molar-refractivity contribution in [1.82, 2.24) is 4.98 Å². The molecule has 0 amide bonds. The van der Waals surface area contributed by atoms with Gasteiger partial charge in [0.2, 0.25) is 5.89 Å². The maximum atomic E-state index is 6.29. The normalized spacial score (nSPS) is 19.4. The van der Waals surface area contributed by atoms with Crippen LogP contribution in [0.1, 0.15) is 31.6 Å². The van der Waals surface area contributed by atoms with Gasteiger partial charge in [-0.25, -0.2) is 4.98 Å². The zero-order valence-corrected chi connectivity index (χ0v) is 9.63. The molecule has 0 saturated heterocycles. The fourth-order valence-corrected chi connectivity index (χ4v) is 2.56. The van der Waals surface area contributed by atoms with Crippen LogP contribution in [0.5, 0.6) is 0 Å². The zero-order chi connectivity index (χ0) is 11.2. The number of fused-ring (bicyclic) bond motifs is 1. The Labute approximate surface area is 98.6 Å². The summed E-state index contributed by atoms with van der Waals surface area (Å²) < 4.78 is 5.72. The molecule has 1 aliphatic carbocycles. The van der Waals surface area contributed by atoms with Gasteiger partial charge in [0, 0.05) is 0 Å². The van der Waals surface area contributed by atoms with E-state index in [2.05, 4.69) is 4.98 Å². The van der Waals surface area contributed by atoms with Crippen LogP contribution in [0.3, 0.4) is 0 Å². The monoisotopic (exact) mass is 236 g/mol. The van der Waals surface area contributed by atoms with Gasteiger partial charge in [-0.15, -0.1) is 0 Å². The fourth-order valence-electron chi connectivity index (χ4n) is 2.35. The molecule has 4 heteroatoms. The Kier molecular flexibility index (Phi) is 2.19. The summed E-state index contributed by atoms with van der Waals surface area (Å²) in [6.45, 7) is 0. The van der Waals surface area contributed by atoms with E-state index in [9.17, 15) is 0 Å². The van der Waals surface area contributed by atoms with Gasteiger partial charge in [0.25, 0.3) is 0 Å². The van der Waals surface area contributed by atoms with Gasteiger partial charge in [-0.2, -0.15) is 0 Å². The lowest BCUT2D eigenvalue weighted by Gasteiger charge is -2.18. The number of rotatable bonds is 1. The largest absolute Gasteiger partial charge is 0.437 e. The van der Waals surface area contributed by atoms with Crippen LogP contribution < -0.4 is 5.73 Å². The number of benzene rings is 1. The number of halogens is 1. The fraction of sp³-hybridized carbons (Fsp3) is 0.417. The van der Waals surface area contributed by atoms with Gasteiger partial charge in [0.1, 0.15) is 5.52 Å². The number of hydrogen-bond donors (Lipinski definition) is 1. The van der Waals surface area contributed by atoms with Crippen molar-refractivity contribution in [2.45, 2.75) is 31.2 Å². The molecule has 0 spiro atoms. The quantitative estimate of drug-likeness (QED) is 0.827. The van der Waals surface area contributed by atoms with E-state index in [1.165, 1.54) is 0 Å². The molecule has 0 bridgehead atoms. The average molecular weight is 237 g/mol. The first-order valence-electron chi connectivity index (χ1n) is 5.53. The van der Waals surface area contributed by atoms with Crippen molar-refractivity contribution in [1.29, 1.82) is 0 Å². The Morgan fingerprint density at radius 1 is 1.31 bits per heavy atom. The minimum Gasteiger partial charge on any atom is -0.437 e. The molecular formula is C12H13ClN2O. The van der Waals surface area contributed by atoms with Gasteiger partial charge in [-0.1, -0.05) is 30.5 Å². The van der Waals surface area contributed by atoms with E-state index in [-0.39, 0.29) is 5.54 Å². The van der Waals surface area contributed by atoms with Crippen molar-refractivity contribution in [3.63, 3.8) is 0 Å². The van der Waals surface area contributed by atoms with Gasteiger partial charge in [-0.05, 0) is 25.0 Å². The summed E-state index contributed by atoms with van der Waals surface area (Å²) in [4.78, 5) is 4.45. The van der Waals surface area contributed by atoms with Gasteiger partial charge in [0.15, 0.2) is 5.58 Å². The summed E-state index contributed by atoms with van der Waals surface area (Å²) in [7, 11) is 0. The molecule has 1 saturated carbocycles. The van der Waals surface area contributed by atoms with Crippen LogP contribution in [-0.2, 0) is 5.54 Å². The van der Waals surface area contributed by atoms with Crippen LogP contribution >= 0.6 is 11.6 Å². The standard InChI is InChI=1S/C12H13ClN2O/c13-8-4-3-5-9-10(8)16-11(15-9)12(14)6-1-2-7-12/h3-5H,1-2,6-7,14H2. The summed E-state index contributed by atoms with van der Waals surface area (Å²) in [6.07, 6.45) is 4.17. The summed E-state index contributed by atoms with van der Waals surface area (Å²) in [5.41, 5.74) is 7.35. The van der Waals surface area contributed by atoms with Crippen molar-refractivity contribution >= 4 is 22.7 Å². The second-order valence-corrected chi connectivity index (χ2v) is 4.88. The first-order valence-corrected chi connectivity index (χ1v) is 5.91. The number of para-hydroxylation sites is 1. The number of oxazole rings is 1. The molecule has 1 aromatic heterocycles. The van der Waals surface area contributed by atoms with Crippen LogP contribution in [0.15, 0.2) is 22.6 Å². The summed E-state index contributed by atoms with van der Waals surface area (Å²) in [5.74, 6) is 0.633. The van der Waals surface area contributed by atoms with Crippen LogP contribution in [0, 0.1) is 0 Å². The second kappa shape index (κ2) is 3.47. The Hall–Kier alpha value is -1.06. The van der Waals surface area contributed by atoms with Crippen LogP contribution in [0.25, 0.3) is 11.1 Å². The van der Waals surface area contributed by atoms with Crippen LogP contribution in [-0.4, -0.2) is 4.98 Å². The summed E-state index contributed by atoms with van der Waals surface area (Å²) >= 11 is 6.05. The van der Waals surface area contributed by atoms with Crippen molar-refractivity contribution in [3.8, 4) is 0 Å². The molecule has 0 radical (unpaired) electrons. The molecule has 0 aliphatic heterocycles. The Morgan fingerprint density at radius 3 is 2.75 bits per heavy atom. The maximum absolute atomic E-state index is 6.29. The lowest BCUT2D eigenvalue weighted by atomic mass is 10.00. The molecule has 1 heterocycles. The van der Waals surface area contributed by atoms with E-state index < -0.39 is 0 Å². The lowest BCUT2D eigenvalue weighted by molar-refractivity contribution is 0.346. The van der Waals surface area contributed by atoms with Crippen molar-refractivity contribution in [2.24, 2.45) is 5.73 Å². The molecule has 0 unspecified atom stereocenters. The van der Waals surface area contributed by atoms with E-state index in [4.69, 9.17) is 21.8 Å². The van der Waals surface area contributed by atoms with E-state index in [1.807, 2.05) is 12.1 Å². The third kappa shape index (κ3) is 1.43. The minimum absolute atomic E-state index is 0.387. The molecule has 1 fully saturated rings. The molecule has 0 atom stereocenters. The van der Waals surface area contributed by atoms with E-state index in [1.54, 1.807) is 6.07 Å². The SMILES string of the molecule is NC1(c2nc3cccc(Cl)c3o2)CCCC1. The van der Waals surface area contributed by atoms with Gasteiger partial charge >= 0.3 is 0 Å². The first kappa shape index (κ1) is 10.1. The van der Waals surface area contributed by atoms with Gasteiger partial charge < -0.3 is 10.2 Å². The smallest absolute Gasteiger partial charge is 0.215 e.